The molecule has 0 aromatic heterocycles. The van der Waals surface area contributed by atoms with Gasteiger partial charge in [-0.25, -0.2) is 4.79 Å². The van der Waals surface area contributed by atoms with Crippen LogP contribution in [-0.2, 0) is 4.74 Å². The van der Waals surface area contributed by atoms with E-state index in [0.29, 0.717) is 15.6 Å². The van der Waals surface area contributed by atoms with Crippen molar-refractivity contribution in [2.45, 2.75) is 13.0 Å². The van der Waals surface area contributed by atoms with Gasteiger partial charge in [0.05, 0.1) is 12.7 Å². The molecule has 2 rings (SSSR count). The monoisotopic (exact) mass is 412 g/mol. The molecule has 2 aromatic carbocycles. The standard InChI is InChI=1S/C16H14Br2O3/c1-9-3-10(6-13(17)4-9)15(19)11-5-12(16(20)21-2)8-14(18)7-11/h3-8,15,19H,1-2H3. The van der Waals surface area contributed by atoms with Gasteiger partial charge in [0.25, 0.3) is 0 Å². The molecule has 21 heavy (non-hydrogen) atoms. The van der Waals surface area contributed by atoms with Gasteiger partial charge in [-0.15, -0.1) is 0 Å². The molecular weight excluding hydrogens is 400 g/mol. The lowest BCUT2D eigenvalue weighted by molar-refractivity contribution is 0.0600. The van der Waals surface area contributed by atoms with Crippen molar-refractivity contribution < 1.29 is 14.6 Å². The summed E-state index contributed by atoms with van der Waals surface area (Å²) in [7, 11) is 1.33. The number of methoxy groups -OCH3 is 1. The van der Waals surface area contributed by atoms with Crippen LogP contribution in [0.4, 0.5) is 0 Å². The van der Waals surface area contributed by atoms with Crippen LogP contribution >= 0.6 is 31.9 Å². The SMILES string of the molecule is COC(=O)c1cc(Br)cc(C(O)c2cc(C)cc(Br)c2)c1. The summed E-state index contributed by atoms with van der Waals surface area (Å²) in [5.74, 6) is -0.435. The van der Waals surface area contributed by atoms with Crippen molar-refractivity contribution in [3.05, 3.63) is 67.6 Å². The molecule has 0 amide bonds. The number of hydrogen-bond donors (Lipinski definition) is 1. The van der Waals surface area contributed by atoms with E-state index in [4.69, 9.17) is 4.74 Å². The number of aliphatic hydroxyl groups is 1. The van der Waals surface area contributed by atoms with Gasteiger partial charge in [-0.05, 0) is 53.9 Å². The summed E-state index contributed by atoms with van der Waals surface area (Å²) in [6.45, 7) is 1.96. The zero-order valence-electron chi connectivity index (χ0n) is 11.6. The predicted molar refractivity (Wildman–Crippen MR) is 88.4 cm³/mol. The highest BCUT2D eigenvalue weighted by Crippen LogP contribution is 2.28. The molecule has 5 heteroatoms. The summed E-state index contributed by atoms with van der Waals surface area (Å²) in [5.41, 5.74) is 2.83. The smallest absolute Gasteiger partial charge is 0.337 e. The third-order valence-corrected chi connectivity index (χ3v) is 3.95. The van der Waals surface area contributed by atoms with Crippen LogP contribution in [0.15, 0.2) is 45.3 Å². The van der Waals surface area contributed by atoms with Crippen molar-refractivity contribution in [3.8, 4) is 0 Å². The van der Waals surface area contributed by atoms with Crippen LogP contribution in [0.1, 0.15) is 33.2 Å². The van der Waals surface area contributed by atoms with Crippen molar-refractivity contribution in [2.24, 2.45) is 0 Å². The molecule has 3 nitrogen and oxygen atoms in total. The Kier molecular flexibility index (Phi) is 5.19. The lowest BCUT2D eigenvalue weighted by Crippen LogP contribution is -2.05. The predicted octanol–water partition coefficient (Wildman–Crippen LogP) is 4.39. The number of carbonyl (C=O) groups excluding carboxylic acids is 1. The summed E-state index contributed by atoms with van der Waals surface area (Å²) in [4.78, 5) is 11.7. The molecule has 2 aromatic rings. The Balaban J connectivity index is 2.45. The molecule has 110 valence electrons. The minimum Gasteiger partial charge on any atom is -0.465 e. The van der Waals surface area contributed by atoms with Gasteiger partial charge in [0.1, 0.15) is 6.10 Å². The van der Waals surface area contributed by atoms with Gasteiger partial charge in [-0.1, -0.05) is 37.9 Å². The molecule has 0 aliphatic carbocycles. The number of rotatable bonds is 3. The highest BCUT2D eigenvalue weighted by atomic mass is 79.9. The zero-order valence-corrected chi connectivity index (χ0v) is 14.7. The lowest BCUT2D eigenvalue weighted by atomic mass is 9.98. The maximum atomic E-state index is 11.7. The Bertz CT molecular complexity index is 663. The maximum Gasteiger partial charge on any atom is 0.337 e. The first-order valence-electron chi connectivity index (χ1n) is 6.24. The van der Waals surface area contributed by atoms with Crippen LogP contribution in [0.3, 0.4) is 0 Å². The minimum absolute atomic E-state index is 0.396. The Morgan fingerprint density at radius 1 is 1.05 bits per heavy atom. The topological polar surface area (TPSA) is 46.5 Å². The van der Waals surface area contributed by atoms with Gasteiger partial charge in [-0.3, -0.25) is 0 Å². The first-order chi connectivity index (χ1) is 9.90. The number of carbonyl (C=O) groups is 1. The van der Waals surface area contributed by atoms with E-state index in [1.54, 1.807) is 18.2 Å². The number of esters is 1. The molecular formula is C16H14Br2O3. The fourth-order valence-electron chi connectivity index (χ4n) is 2.12. The summed E-state index contributed by atoms with van der Waals surface area (Å²) in [5, 5.41) is 10.6. The second kappa shape index (κ2) is 6.73. The van der Waals surface area contributed by atoms with Crippen molar-refractivity contribution in [1.82, 2.24) is 0 Å². The van der Waals surface area contributed by atoms with Crippen LogP contribution in [-0.4, -0.2) is 18.2 Å². The van der Waals surface area contributed by atoms with Gasteiger partial charge in [0, 0.05) is 8.95 Å². The summed E-state index contributed by atoms with van der Waals surface area (Å²) < 4.78 is 6.34. The van der Waals surface area contributed by atoms with E-state index in [1.807, 2.05) is 25.1 Å². The van der Waals surface area contributed by atoms with Gasteiger partial charge in [-0.2, -0.15) is 0 Å². The second-order valence-electron chi connectivity index (χ2n) is 4.73. The third-order valence-electron chi connectivity index (χ3n) is 3.04. The highest BCUT2D eigenvalue weighted by molar-refractivity contribution is 9.10. The maximum absolute atomic E-state index is 11.7. The second-order valence-corrected chi connectivity index (χ2v) is 6.56. The van der Waals surface area contributed by atoms with Crippen LogP contribution < -0.4 is 0 Å². The van der Waals surface area contributed by atoms with Crippen molar-refractivity contribution >= 4 is 37.8 Å². The fraction of sp³-hybridized carbons (Fsp3) is 0.188. The van der Waals surface area contributed by atoms with Crippen LogP contribution in [0.25, 0.3) is 0 Å². The van der Waals surface area contributed by atoms with Crippen LogP contribution in [0.2, 0.25) is 0 Å². The van der Waals surface area contributed by atoms with Gasteiger partial charge < -0.3 is 9.84 Å². The van der Waals surface area contributed by atoms with E-state index in [9.17, 15) is 9.90 Å². The Hall–Kier alpha value is -1.17. The minimum atomic E-state index is -0.817. The quantitative estimate of drug-likeness (QED) is 0.759. The van der Waals surface area contributed by atoms with E-state index in [1.165, 1.54) is 7.11 Å². The van der Waals surface area contributed by atoms with E-state index in [0.717, 1.165) is 15.6 Å². The molecule has 0 aliphatic rings. The third kappa shape index (κ3) is 3.93. The summed E-state index contributed by atoms with van der Waals surface area (Å²) >= 11 is 6.77. The first kappa shape index (κ1) is 16.2. The molecule has 1 atom stereocenters. The highest BCUT2D eigenvalue weighted by Gasteiger charge is 2.15. The molecule has 0 radical (unpaired) electrons. The Morgan fingerprint density at radius 3 is 2.19 bits per heavy atom. The van der Waals surface area contributed by atoms with E-state index in [2.05, 4.69) is 31.9 Å². The number of aliphatic hydroxyl groups excluding tert-OH is 1. The first-order valence-corrected chi connectivity index (χ1v) is 7.83. The van der Waals surface area contributed by atoms with Crippen molar-refractivity contribution in [1.29, 1.82) is 0 Å². The molecule has 1 unspecified atom stereocenters. The molecule has 0 fully saturated rings. The van der Waals surface area contributed by atoms with Crippen molar-refractivity contribution in [2.75, 3.05) is 7.11 Å². The molecule has 0 heterocycles. The van der Waals surface area contributed by atoms with Gasteiger partial charge >= 0.3 is 5.97 Å². The number of aryl methyl sites for hydroxylation is 1. The molecule has 1 N–H and O–H groups in total. The van der Waals surface area contributed by atoms with Crippen LogP contribution in [0.5, 0.6) is 0 Å². The summed E-state index contributed by atoms with van der Waals surface area (Å²) in [6.07, 6.45) is -0.817. The summed E-state index contributed by atoms with van der Waals surface area (Å²) in [6, 6.07) is 10.8. The van der Waals surface area contributed by atoms with Crippen LogP contribution in [0, 0.1) is 6.92 Å². The average Bonchev–Trinajstić information content (AvgIpc) is 2.43. The van der Waals surface area contributed by atoms with Gasteiger partial charge in [0.15, 0.2) is 0 Å². The largest absolute Gasteiger partial charge is 0.465 e. The van der Waals surface area contributed by atoms with E-state index < -0.39 is 12.1 Å². The van der Waals surface area contributed by atoms with Crippen molar-refractivity contribution in [3.63, 3.8) is 0 Å². The number of ether oxygens (including phenoxy) is 1. The van der Waals surface area contributed by atoms with E-state index >= 15 is 0 Å². The molecule has 0 bridgehead atoms. The van der Waals surface area contributed by atoms with Gasteiger partial charge in [0.2, 0.25) is 0 Å². The molecule has 0 aliphatic heterocycles. The number of halogens is 2. The lowest BCUT2D eigenvalue weighted by Gasteiger charge is -2.14. The zero-order chi connectivity index (χ0) is 15.6. The molecule has 0 saturated heterocycles. The molecule has 0 saturated carbocycles. The Morgan fingerprint density at radius 2 is 1.62 bits per heavy atom. The molecule has 0 spiro atoms. The number of hydrogen-bond acceptors (Lipinski definition) is 3. The normalized spacial score (nSPS) is 12.0. The number of benzene rings is 2. The fourth-order valence-corrected chi connectivity index (χ4v) is 3.26. The van der Waals surface area contributed by atoms with E-state index in [-0.39, 0.29) is 0 Å². The average molecular weight is 414 g/mol. The Labute approximate surface area is 140 Å².